The second-order valence-corrected chi connectivity index (χ2v) is 4.33. The van der Waals surface area contributed by atoms with Gasteiger partial charge in [-0.05, 0) is 41.0 Å². The van der Waals surface area contributed by atoms with Gasteiger partial charge < -0.3 is 15.4 Å². The molecule has 2 aromatic heterocycles. The predicted octanol–water partition coefficient (Wildman–Crippen LogP) is 1.28. The molecule has 0 saturated carbocycles. The highest BCUT2D eigenvalue weighted by Crippen LogP contribution is 2.19. The Kier molecular flexibility index (Phi) is 3.82. The Morgan fingerprint density at radius 2 is 2.29 bits per heavy atom. The van der Waals surface area contributed by atoms with E-state index in [4.69, 9.17) is 10.3 Å². The second kappa shape index (κ2) is 5.35. The summed E-state index contributed by atoms with van der Waals surface area (Å²) in [6.45, 7) is 0.357. The van der Waals surface area contributed by atoms with E-state index >= 15 is 0 Å². The van der Waals surface area contributed by atoms with Gasteiger partial charge in [0.05, 0.1) is 0 Å². The van der Waals surface area contributed by atoms with Crippen LogP contribution in [0.25, 0.3) is 11.5 Å². The number of halogens is 1. The van der Waals surface area contributed by atoms with Gasteiger partial charge in [0, 0.05) is 10.7 Å². The van der Waals surface area contributed by atoms with Crippen molar-refractivity contribution in [2.75, 3.05) is 6.54 Å². The third-order valence-electron chi connectivity index (χ3n) is 2.12. The molecule has 0 saturated heterocycles. The zero-order chi connectivity index (χ0) is 12.3. The third-order valence-corrected chi connectivity index (χ3v) is 2.59. The predicted molar refractivity (Wildman–Crippen MR) is 63.9 cm³/mol. The highest BCUT2D eigenvalue weighted by Gasteiger charge is 2.16. The van der Waals surface area contributed by atoms with Crippen molar-refractivity contribution >= 4 is 15.9 Å². The average molecular weight is 299 g/mol. The molecule has 0 aromatic carbocycles. The van der Waals surface area contributed by atoms with Gasteiger partial charge >= 0.3 is 0 Å². The molecule has 1 unspecified atom stereocenters. The molecule has 0 aliphatic rings. The van der Waals surface area contributed by atoms with Crippen molar-refractivity contribution in [1.82, 2.24) is 15.1 Å². The van der Waals surface area contributed by atoms with Gasteiger partial charge in [0.1, 0.15) is 11.8 Å². The van der Waals surface area contributed by atoms with Gasteiger partial charge in [0.25, 0.3) is 5.89 Å². The number of pyridine rings is 1. The van der Waals surface area contributed by atoms with Crippen molar-refractivity contribution in [2.24, 2.45) is 5.73 Å². The van der Waals surface area contributed by atoms with Crippen LogP contribution in [0.1, 0.15) is 18.4 Å². The van der Waals surface area contributed by atoms with Crippen LogP contribution in [-0.4, -0.2) is 26.8 Å². The van der Waals surface area contributed by atoms with E-state index in [-0.39, 0.29) is 5.89 Å². The standard InChI is InChI=1S/C10H11BrN4O2/c11-6-1-2-7(13-5-6)9-14-10(17-15-9)8(16)3-4-12/h1-2,5,8,16H,3-4,12H2. The fourth-order valence-electron chi connectivity index (χ4n) is 1.26. The van der Waals surface area contributed by atoms with Crippen LogP contribution >= 0.6 is 15.9 Å². The van der Waals surface area contributed by atoms with Crippen LogP contribution in [0.5, 0.6) is 0 Å². The van der Waals surface area contributed by atoms with Crippen molar-refractivity contribution in [3.8, 4) is 11.5 Å². The zero-order valence-corrected chi connectivity index (χ0v) is 10.5. The molecule has 0 spiro atoms. The molecule has 1 atom stereocenters. The Labute approximate surface area is 106 Å². The lowest BCUT2D eigenvalue weighted by atomic mass is 10.2. The Balaban J connectivity index is 2.20. The van der Waals surface area contributed by atoms with Gasteiger partial charge in [-0.1, -0.05) is 5.16 Å². The summed E-state index contributed by atoms with van der Waals surface area (Å²) in [5.74, 6) is 0.513. The fourth-order valence-corrected chi connectivity index (χ4v) is 1.50. The van der Waals surface area contributed by atoms with Gasteiger partial charge in [0.15, 0.2) is 0 Å². The van der Waals surface area contributed by atoms with Crippen molar-refractivity contribution in [3.05, 3.63) is 28.7 Å². The summed E-state index contributed by atoms with van der Waals surface area (Å²) in [6, 6.07) is 3.59. The molecule has 90 valence electrons. The molecule has 0 aliphatic heterocycles. The molecule has 7 heteroatoms. The van der Waals surface area contributed by atoms with Crippen LogP contribution in [0.15, 0.2) is 27.3 Å². The third kappa shape index (κ3) is 2.87. The minimum Gasteiger partial charge on any atom is -0.383 e. The topological polar surface area (TPSA) is 98.1 Å². The van der Waals surface area contributed by atoms with Crippen molar-refractivity contribution in [1.29, 1.82) is 0 Å². The second-order valence-electron chi connectivity index (χ2n) is 3.41. The Morgan fingerprint density at radius 3 is 2.94 bits per heavy atom. The fraction of sp³-hybridized carbons (Fsp3) is 0.300. The van der Waals surface area contributed by atoms with Gasteiger partial charge in [-0.15, -0.1) is 0 Å². The molecule has 2 aromatic rings. The van der Waals surface area contributed by atoms with E-state index in [9.17, 15) is 5.11 Å². The first-order valence-corrected chi connectivity index (χ1v) is 5.83. The highest BCUT2D eigenvalue weighted by molar-refractivity contribution is 9.10. The smallest absolute Gasteiger partial charge is 0.255 e. The Bertz CT molecular complexity index is 485. The van der Waals surface area contributed by atoms with E-state index in [0.29, 0.717) is 24.5 Å². The summed E-state index contributed by atoms with van der Waals surface area (Å²) < 4.78 is 5.81. The molecular formula is C10H11BrN4O2. The van der Waals surface area contributed by atoms with Gasteiger partial charge in [-0.25, -0.2) is 0 Å². The van der Waals surface area contributed by atoms with Crippen LogP contribution in [0.2, 0.25) is 0 Å². The lowest BCUT2D eigenvalue weighted by molar-refractivity contribution is 0.127. The molecule has 3 N–H and O–H groups in total. The minimum atomic E-state index is -0.823. The van der Waals surface area contributed by atoms with Gasteiger partial charge in [-0.2, -0.15) is 4.98 Å². The van der Waals surface area contributed by atoms with Crippen molar-refractivity contribution < 1.29 is 9.63 Å². The van der Waals surface area contributed by atoms with Crippen LogP contribution in [0.3, 0.4) is 0 Å². The van der Waals surface area contributed by atoms with Crippen LogP contribution in [0.4, 0.5) is 0 Å². The molecule has 6 nitrogen and oxygen atoms in total. The minimum absolute atomic E-state index is 0.162. The lowest BCUT2D eigenvalue weighted by Crippen LogP contribution is -2.06. The molecular weight excluding hydrogens is 288 g/mol. The number of rotatable bonds is 4. The maximum Gasteiger partial charge on any atom is 0.255 e. The molecule has 0 bridgehead atoms. The number of hydrogen-bond acceptors (Lipinski definition) is 6. The molecule has 0 radical (unpaired) electrons. The zero-order valence-electron chi connectivity index (χ0n) is 8.88. The molecule has 0 fully saturated rings. The Hall–Kier alpha value is -1.31. The quantitative estimate of drug-likeness (QED) is 0.882. The summed E-state index contributed by atoms with van der Waals surface area (Å²) in [7, 11) is 0. The van der Waals surface area contributed by atoms with E-state index in [0.717, 1.165) is 4.47 Å². The highest BCUT2D eigenvalue weighted by atomic mass is 79.9. The van der Waals surface area contributed by atoms with Crippen molar-refractivity contribution in [2.45, 2.75) is 12.5 Å². The number of aromatic nitrogens is 3. The number of aliphatic hydroxyl groups is 1. The first-order valence-electron chi connectivity index (χ1n) is 5.04. The monoisotopic (exact) mass is 298 g/mol. The summed E-state index contributed by atoms with van der Waals surface area (Å²) >= 11 is 3.29. The normalized spacial score (nSPS) is 12.6. The summed E-state index contributed by atoms with van der Waals surface area (Å²) in [6.07, 6.45) is 1.20. The average Bonchev–Trinajstić information content (AvgIpc) is 2.80. The summed E-state index contributed by atoms with van der Waals surface area (Å²) in [5, 5.41) is 13.4. The van der Waals surface area contributed by atoms with E-state index in [1.54, 1.807) is 12.3 Å². The maximum atomic E-state index is 9.62. The van der Waals surface area contributed by atoms with Crippen molar-refractivity contribution in [3.63, 3.8) is 0 Å². The molecule has 2 rings (SSSR count). The number of aliphatic hydroxyl groups excluding tert-OH is 1. The van der Waals surface area contributed by atoms with Crippen LogP contribution < -0.4 is 5.73 Å². The van der Waals surface area contributed by atoms with Crippen LogP contribution in [-0.2, 0) is 0 Å². The number of nitrogens with zero attached hydrogens (tertiary/aromatic N) is 3. The molecule has 17 heavy (non-hydrogen) atoms. The maximum absolute atomic E-state index is 9.62. The first kappa shape index (κ1) is 12.2. The first-order chi connectivity index (χ1) is 8.20. The van der Waals surface area contributed by atoms with E-state index in [1.807, 2.05) is 6.07 Å². The van der Waals surface area contributed by atoms with E-state index in [1.165, 1.54) is 0 Å². The lowest BCUT2D eigenvalue weighted by Gasteiger charge is -2.00. The number of nitrogens with two attached hydrogens (primary N) is 1. The van der Waals surface area contributed by atoms with Crippen LogP contribution in [0, 0.1) is 0 Å². The molecule has 0 amide bonds. The van der Waals surface area contributed by atoms with Gasteiger partial charge in [0.2, 0.25) is 5.82 Å². The summed E-state index contributed by atoms with van der Waals surface area (Å²) in [4.78, 5) is 8.20. The van der Waals surface area contributed by atoms with E-state index < -0.39 is 6.10 Å². The van der Waals surface area contributed by atoms with E-state index in [2.05, 4.69) is 31.1 Å². The summed E-state index contributed by atoms with van der Waals surface area (Å²) in [5.41, 5.74) is 5.92. The number of hydrogen-bond donors (Lipinski definition) is 2. The molecule has 0 aliphatic carbocycles. The molecule has 2 heterocycles. The SMILES string of the molecule is NCCC(O)c1nc(-c2ccc(Br)cn2)no1. The largest absolute Gasteiger partial charge is 0.383 e. The van der Waals surface area contributed by atoms with Gasteiger partial charge in [-0.3, -0.25) is 4.98 Å². The Morgan fingerprint density at radius 1 is 1.47 bits per heavy atom.